The molecule has 0 fully saturated rings. The van der Waals surface area contributed by atoms with E-state index < -0.39 is 18.8 Å². The van der Waals surface area contributed by atoms with E-state index in [2.05, 4.69) is 19.1 Å². The first kappa shape index (κ1) is 33.6. The van der Waals surface area contributed by atoms with Crippen LogP contribution in [0.4, 0.5) is 0 Å². The largest absolute Gasteiger partial charge is 0.463 e. The predicted octanol–water partition coefficient (Wildman–Crippen LogP) is 8.15. The molecule has 0 aromatic carbocycles. The van der Waals surface area contributed by atoms with Gasteiger partial charge in [0.05, 0.1) is 19.3 Å². The summed E-state index contributed by atoms with van der Waals surface area (Å²) < 4.78 is 28.0. The van der Waals surface area contributed by atoms with Crippen LogP contribution >= 0.6 is 19.2 Å². The van der Waals surface area contributed by atoms with Gasteiger partial charge in [0.25, 0.3) is 0 Å². The van der Waals surface area contributed by atoms with Gasteiger partial charge in [-0.2, -0.15) is 0 Å². The minimum absolute atomic E-state index is 0.0421. The van der Waals surface area contributed by atoms with Gasteiger partial charge in [-0.15, -0.1) is 11.6 Å². The molecule has 0 aliphatic heterocycles. The SMILES string of the molecule is CCCCCCCCC=CCCCCCCCC(=O)OC[C@@H](O)CC(Cl)P(=O)(OCC)OCC. The number of hydrogen-bond acceptors (Lipinski definition) is 6. The molecule has 2 atom stereocenters. The van der Waals surface area contributed by atoms with E-state index in [1.807, 2.05) is 0 Å². The van der Waals surface area contributed by atoms with E-state index in [-0.39, 0.29) is 32.2 Å². The summed E-state index contributed by atoms with van der Waals surface area (Å²) in [5.41, 5.74) is 0. The Bertz CT molecular complexity index is 547. The lowest BCUT2D eigenvalue weighted by atomic mass is 10.1. The van der Waals surface area contributed by atoms with Crippen LogP contribution in [0.1, 0.15) is 117 Å². The van der Waals surface area contributed by atoms with Crippen LogP contribution in [0.2, 0.25) is 0 Å². The minimum Gasteiger partial charge on any atom is -0.463 e. The standard InChI is InChI=1S/C26H50ClO6P/c1-4-7-8-9-10-11-12-13-14-15-16-17-18-19-20-21-26(29)31-23-24(28)22-25(27)34(30,32-5-2)33-6-3/h13-14,24-25,28H,4-12,15-23H2,1-3H3/t24-,25?/m0/s1. The lowest BCUT2D eigenvalue weighted by Crippen LogP contribution is -2.23. The molecule has 0 spiro atoms. The first-order valence-corrected chi connectivity index (χ1v) is 15.5. The molecule has 0 aromatic rings. The summed E-state index contributed by atoms with van der Waals surface area (Å²) in [4.78, 5) is 11.9. The van der Waals surface area contributed by atoms with Crippen LogP contribution in [-0.4, -0.2) is 42.1 Å². The number of alkyl halides is 1. The van der Waals surface area contributed by atoms with Crippen LogP contribution < -0.4 is 0 Å². The zero-order valence-electron chi connectivity index (χ0n) is 21.9. The number of carbonyl (C=O) groups is 1. The van der Waals surface area contributed by atoms with Crippen molar-refractivity contribution >= 4 is 25.2 Å². The molecule has 0 rings (SSSR count). The molecule has 0 bridgehead atoms. The number of halogens is 1. The van der Waals surface area contributed by atoms with Crippen LogP contribution in [0.3, 0.4) is 0 Å². The summed E-state index contributed by atoms with van der Waals surface area (Å²) in [6, 6.07) is 0. The highest BCUT2D eigenvalue weighted by Gasteiger charge is 2.35. The summed E-state index contributed by atoms with van der Waals surface area (Å²) in [5.74, 6) is -0.333. The van der Waals surface area contributed by atoms with Gasteiger partial charge < -0.3 is 18.9 Å². The van der Waals surface area contributed by atoms with E-state index in [0.717, 1.165) is 25.7 Å². The first-order chi connectivity index (χ1) is 16.4. The van der Waals surface area contributed by atoms with Gasteiger partial charge in [-0.1, -0.05) is 70.4 Å². The Hall–Kier alpha value is -0.390. The van der Waals surface area contributed by atoms with Crippen molar-refractivity contribution in [1.29, 1.82) is 0 Å². The molecule has 34 heavy (non-hydrogen) atoms. The number of allylic oxidation sites excluding steroid dienone is 2. The van der Waals surface area contributed by atoms with E-state index in [1.165, 1.54) is 57.8 Å². The Morgan fingerprint density at radius 1 is 0.853 bits per heavy atom. The quantitative estimate of drug-likeness (QED) is 0.0451. The van der Waals surface area contributed by atoms with Gasteiger partial charge >= 0.3 is 13.6 Å². The zero-order valence-corrected chi connectivity index (χ0v) is 23.5. The van der Waals surface area contributed by atoms with Crippen LogP contribution in [-0.2, 0) is 23.1 Å². The number of carbonyl (C=O) groups excluding carboxylic acids is 1. The summed E-state index contributed by atoms with van der Waals surface area (Å²) >= 11 is 6.15. The number of rotatable bonds is 24. The Balaban J connectivity index is 3.70. The van der Waals surface area contributed by atoms with Crippen molar-refractivity contribution in [2.75, 3.05) is 19.8 Å². The highest BCUT2D eigenvalue weighted by Crippen LogP contribution is 2.56. The van der Waals surface area contributed by atoms with E-state index in [1.54, 1.807) is 13.8 Å². The van der Waals surface area contributed by atoms with E-state index in [9.17, 15) is 14.5 Å². The van der Waals surface area contributed by atoms with Gasteiger partial charge in [0, 0.05) is 12.8 Å². The average Bonchev–Trinajstić information content (AvgIpc) is 2.80. The number of esters is 1. The summed E-state index contributed by atoms with van der Waals surface area (Å²) in [7, 11) is -3.50. The van der Waals surface area contributed by atoms with Crippen LogP contribution in [0.15, 0.2) is 12.2 Å². The second kappa shape index (κ2) is 23.0. The Morgan fingerprint density at radius 3 is 1.88 bits per heavy atom. The molecule has 8 heteroatoms. The number of unbranched alkanes of at least 4 members (excludes halogenated alkanes) is 11. The molecular formula is C26H50ClO6P. The van der Waals surface area contributed by atoms with Gasteiger partial charge in [-0.25, -0.2) is 0 Å². The van der Waals surface area contributed by atoms with Crippen molar-refractivity contribution in [2.24, 2.45) is 0 Å². The molecule has 0 aliphatic carbocycles. The third kappa shape index (κ3) is 18.9. The molecule has 6 nitrogen and oxygen atoms in total. The number of aliphatic hydroxyl groups is 1. The van der Waals surface area contributed by atoms with E-state index in [0.29, 0.717) is 6.42 Å². The molecular weight excluding hydrogens is 475 g/mol. The van der Waals surface area contributed by atoms with Gasteiger partial charge in [-0.3, -0.25) is 9.36 Å². The summed E-state index contributed by atoms with van der Waals surface area (Å²) in [5, 5.41) is 9.08. The fourth-order valence-electron chi connectivity index (χ4n) is 3.58. The second-order valence-electron chi connectivity index (χ2n) is 8.72. The van der Waals surface area contributed by atoms with Crippen molar-refractivity contribution in [3.05, 3.63) is 12.2 Å². The highest BCUT2D eigenvalue weighted by atomic mass is 35.5. The van der Waals surface area contributed by atoms with Crippen molar-refractivity contribution in [2.45, 2.75) is 128 Å². The Morgan fingerprint density at radius 2 is 1.35 bits per heavy atom. The Labute approximate surface area is 213 Å². The highest BCUT2D eigenvalue weighted by molar-refractivity contribution is 7.56. The molecule has 202 valence electrons. The van der Waals surface area contributed by atoms with Gasteiger partial charge in [0.1, 0.15) is 11.7 Å². The number of hydrogen-bond donors (Lipinski definition) is 1. The molecule has 0 radical (unpaired) electrons. The maximum atomic E-state index is 12.6. The van der Waals surface area contributed by atoms with Crippen molar-refractivity contribution in [3.63, 3.8) is 0 Å². The molecule has 0 aromatic heterocycles. The Kier molecular flexibility index (Phi) is 22.8. The van der Waals surface area contributed by atoms with Crippen molar-refractivity contribution in [1.82, 2.24) is 0 Å². The smallest absolute Gasteiger partial charge is 0.348 e. The molecule has 0 heterocycles. The topological polar surface area (TPSA) is 82.1 Å². The maximum absolute atomic E-state index is 12.6. The summed E-state index contributed by atoms with van der Waals surface area (Å²) in [6.45, 7) is 5.86. The fourth-order valence-corrected chi connectivity index (χ4v) is 5.75. The van der Waals surface area contributed by atoms with Crippen LogP contribution in [0.5, 0.6) is 0 Å². The van der Waals surface area contributed by atoms with Crippen molar-refractivity contribution < 1.29 is 28.3 Å². The number of ether oxygens (including phenoxy) is 1. The minimum atomic E-state index is -3.50. The van der Waals surface area contributed by atoms with Gasteiger partial charge in [0.15, 0.2) is 0 Å². The van der Waals surface area contributed by atoms with Crippen LogP contribution in [0.25, 0.3) is 0 Å². The molecule has 0 saturated heterocycles. The van der Waals surface area contributed by atoms with Gasteiger partial charge in [-0.05, 0) is 46.0 Å². The lowest BCUT2D eigenvalue weighted by molar-refractivity contribution is -0.146. The van der Waals surface area contributed by atoms with Crippen molar-refractivity contribution in [3.8, 4) is 0 Å². The molecule has 0 aliphatic rings. The predicted molar refractivity (Wildman–Crippen MR) is 142 cm³/mol. The zero-order chi connectivity index (χ0) is 25.5. The molecule has 1 unspecified atom stereocenters. The monoisotopic (exact) mass is 524 g/mol. The fraction of sp³-hybridized carbons (Fsp3) is 0.885. The molecule has 0 saturated carbocycles. The van der Waals surface area contributed by atoms with Gasteiger partial charge in [0.2, 0.25) is 0 Å². The third-order valence-electron chi connectivity index (χ3n) is 5.51. The lowest BCUT2D eigenvalue weighted by Gasteiger charge is -2.23. The van der Waals surface area contributed by atoms with Crippen LogP contribution in [0, 0.1) is 0 Å². The normalized spacial score (nSPS) is 13.9. The molecule has 1 N–H and O–H groups in total. The summed E-state index contributed by atoms with van der Waals surface area (Å²) in [6.07, 6.45) is 19.6. The average molecular weight is 525 g/mol. The second-order valence-corrected chi connectivity index (χ2v) is 11.8. The maximum Gasteiger partial charge on any atom is 0.348 e. The first-order valence-electron chi connectivity index (χ1n) is 13.4. The molecule has 0 amide bonds. The van der Waals surface area contributed by atoms with E-state index >= 15 is 0 Å². The van der Waals surface area contributed by atoms with E-state index in [4.69, 9.17) is 25.4 Å². The number of aliphatic hydroxyl groups excluding tert-OH is 1. The third-order valence-corrected chi connectivity index (χ3v) is 8.54.